The zero-order valence-electron chi connectivity index (χ0n) is 11.7. The molecule has 21 heavy (non-hydrogen) atoms. The maximum Gasteiger partial charge on any atom is 0.321 e. The normalized spacial score (nSPS) is 15.1. The third-order valence-electron chi connectivity index (χ3n) is 3.52. The van der Waals surface area contributed by atoms with Gasteiger partial charge in [0.2, 0.25) is 0 Å². The van der Waals surface area contributed by atoms with E-state index in [0.717, 1.165) is 0 Å². The molecule has 0 saturated carbocycles. The molecular formula is C14H20FN3O3. The van der Waals surface area contributed by atoms with E-state index in [2.05, 4.69) is 5.32 Å². The van der Waals surface area contributed by atoms with Gasteiger partial charge in [0.25, 0.3) is 0 Å². The Kier molecular flexibility index (Phi) is 5.49. The third kappa shape index (κ3) is 4.13. The molecule has 0 spiro atoms. The Morgan fingerprint density at radius 3 is 2.57 bits per heavy atom. The van der Waals surface area contributed by atoms with E-state index < -0.39 is 5.82 Å². The van der Waals surface area contributed by atoms with Crippen LogP contribution in [0.2, 0.25) is 0 Å². The minimum atomic E-state index is -0.397. The van der Waals surface area contributed by atoms with Crippen molar-refractivity contribution < 1.29 is 19.4 Å². The molecule has 3 N–H and O–H groups in total. The van der Waals surface area contributed by atoms with Crippen LogP contribution in [0.5, 0.6) is 0 Å². The first-order valence-electron chi connectivity index (χ1n) is 6.91. The van der Waals surface area contributed by atoms with Gasteiger partial charge in [-0.05, 0) is 18.2 Å². The van der Waals surface area contributed by atoms with Crippen molar-refractivity contribution in [1.82, 2.24) is 9.80 Å². The molecule has 0 atom stereocenters. The first-order chi connectivity index (χ1) is 10.1. The number of halogens is 1. The number of nitrogens with zero attached hydrogens (tertiary/aromatic N) is 2. The minimum absolute atomic E-state index is 0.0198. The van der Waals surface area contributed by atoms with E-state index in [4.69, 9.17) is 10.2 Å². The van der Waals surface area contributed by atoms with Gasteiger partial charge < -0.3 is 20.4 Å². The van der Waals surface area contributed by atoms with Gasteiger partial charge in [-0.2, -0.15) is 0 Å². The SMILES string of the molecule is O=C(Nc1cccc(F)c1)N1CC(N(CCO)CCO)C1. The molecule has 1 fully saturated rings. The summed E-state index contributed by atoms with van der Waals surface area (Å²) < 4.78 is 13.0. The van der Waals surface area contributed by atoms with Crippen LogP contribution >= 0.6 is 0 Å². The number of carbonyl (C=O) groups is 1. The van der Waals surface area contributed by atoms with Crippen LogP contribution in [-0.4, -0.2) is 71.5 Å². The molecule has 1 aromatic carbocycles. The van der Waals surface area contributed by atoms with Crippen molar-refractivity contribution in [3.05, 3.63) is 30.1 Å². The predicted octanol–water partition coefficient (Wildman–Crippen LogP) is 0.328. The molecule has 0 bridgehead atoms. The van der Waals surface area contributed by atoms with Crippen molar-refractivity contribution >= 4 is 11.7 Å². The highest BCUT2D eigenvalue weighted by Gasteiger charge is 2.34. The monoisotopic (exact) mass is 297 g/mol. The first kappa shape index (κ1) is 15.7. The van der Waals surface area contributed by atoms with Crippen molar-refractivity contribution in [1.29, 1.82) is 0 Å². The zero-order valence-corrected chi connectivity index (χ0v) is 11.7. The fourth-order valence-corrected chi connectivity index (χ4v) is 2.35. The van der Waals surface area contributed by atoms with Crippen molar-refractivity contribution in [2.24, 2.45) is 0 Å². The Bertz CT molecular complexity index is 474. The number of benzene rings is 1. The van der Waals surface area contributed by atoms with Gasteiger partial charge in [-0.3, -0.25) is 4.90 Å². The Morgan fingerprint density at radius 1 is 1.33 bits per heavy atom. The maximum atomic E-state index is 13.0. The molecule has 0 aromatic heterocycles. The number of hydrogen-bond acceptors (Lipinski definition) is 4. The van der Waals surface area contributed by atoms with Crippen molar-refractivity contribution in [3.8, 4) is 0 Å². The molecule has 1 heterocycles. The molecule has 1 aliphatic heterocycles. The van der Waals surface area contributed by atoms with Crippen molar-refractivity contribution in [2.75, 3.05) is 44.7 Å². The molecule has 0 unspecified atom stereocenters. The molecule has 1 aliphatic rings. The average molecular weight is 297 g/mol. The van der Waals surface area contributed by atoms with Crippen LogP contribution in [0.3, 0.4) is 0 Å². The smallest absolute Gasteiger partial charge is 0.321 e. The number of hydrogen-bond donors (Lipinski definition) is 3. The summed E-state index contributed by atoms with van der Waals surface area (Å²) >= 11 is 0. The number of aliphatic hydroxyl groups is 2. The second kappa shape index (κ2) is 7.35. The lowest BCUT2D eigenvalue weighted by Gasteiger charge is -2.45. The van der Waals surface area contributed by atoms with E-state index in [0.29, 0.717) is 31.9 Å². The predicted molar refractivity (Wildman–Crippen MR) is 76.5 cm³/mol. The summed E-state index contributed by atoms with van der Waals surface area (Å²) in [5, 5.41) is 20.6. The summed E-state index contributed by atoms with van der Waals surface area (Å²) in [7, 11) is 0. The second-order valence-corrected chi connectivity index (χ2v) is 4.98. The highest BCUT2D eigenvalue weighted by atomic mass is 19.1. The van der Waals surface area contributed by atoms with E-state index >= 15 is 0 Å². The molecule has 6 nitrogen and oxygen atoms in total. The average Bonchev–Trinajstić information content (AvgIpc) is 2.37. The van der Waals surface area contributed by atoms with E-state index in [1.54, 1.807) is 11.0 Å². The van der Waals surface area contributed by atoms with E-state index in [-0.39, 0.29) is 25.3 Å². The number of urea groups is 1. The van der Waals surface area contributed by atoms with Crippen LogP contribution in [0, 0.1) is 5.82 Å². The molecule has 2 amide bonds. The summed E-state index contributed by atoms with van der Waals surface area (Å²) in [6.07, 6.45) is 0. The zero-order chi connectivity index (χ0) is 15.2. The largest absolute Gasteiger partial charge is 0.395 e. The van der Waals surface area contributed by atoms with Crippen LogP contribution in [-0.2, 0) is 0 Å². The number of amides is 2. The van der Waals surface area contributed by atoms with Gasteiger partial charge in [-0.25, -0.2) is 9.18 Å². The highest BCUT2D eigenvalue weighted by molar-refractivity contribution is 5.89. The lowest BCUT2D eigenvalue weighted by atomic mass is 10.1. The van der Waals surface area contributed by atoms with Gasteiger partial charge in [0.15, 0.2) is 0 Å². The number of aliphatic hydroxyl groups excluding tert-OH is 2. The van der Waals surface area contributed by atoms with Crippen molar-refractivity contribution in [3.63, 3.8) is 0 Å². The Morgan fingerprint density at radius 2 is 2.00 bits per heavy atom. The summed E-state index contributed by atoms with van der Waals surface area (Å²) in [6.45, 7) is 2.05. The number of anilines is 1. The van der Waals surface area contributed by atoms with Crippen LogP contribution in [0.15, 0.2) is 24.3 Å². The quantitative estimate of drug-likeness (QED) is 0.707. The Labute approximate surface area is 122 Å². The maximum absolute atomic E-state index is 13.0. The molecule has 7 heteroatoms. The van der Waals surface area contributed by atoms with Gasteiger partial charge >= 0.3 is 6.03 Å². The van der Waals surface area contributed by atoms with Crippen LogP contribution in [0.4, 0.5) is 14.9 Å². The fraction of sp³-hybridized carbons (Fsp3) is 0.500. The molecule has 1 saturated heterocycles. The number of rotatable bonds is 6. The van der Waals surface area contributed by atoms with Gasteiger partial charge in [-0.1, -0.05) is 6.07 Å². The number of carbonyl (C=O) groups excluding carboxylic acids is 1. The molecule has 116 valence electrons. The number of nitrogens with one attached hydrogen (secondary N) is 1. The van der Waals surface area contributed by atoms with E-state index in [1.165, 1.54) is 18.2 Å². The van der Waals surface area contributed by atoms with Crippen molar-refractivity contribution in [2.45, 2.75) is 6.04 Å². The molecule has 0 aliphatic carbocycles. The first-order valence-corrected chi connectivity index (χ1v) is 6.91. The van der Waals surface area contributed by atoms with Crippen LogP contribution in [0.1, 0.15) is 0 Å². The summed E-state index contributed by atoms with van der Waals surface area (Å²) in [5.41, 5.74) is 0.422. The summed E-state index contributed by atoms with van der Waals surface area (Å²) in [5.74, 6) is -0.397. The summed E-state index contributed by atoms with van der Waals surface area (Å²) in [6, 6.07) is 5.61. The molecule has 2 rings (SSSR count). The minimum Gasteiger partial charge on any atom is -0.395 e. The van der Waals surface area contributed by atoms with Gasteiger partial charge in [0, 0.05) is 37.9 Å². The third-order valence-corrected chi connectivity index (χ3v) is 3.52. The lowest BCUT2D eigenvalue weighted by Crippen LogP contribution is -2.62. The summed E-state index contributed by atoms with van der Waals surface area (Å²) in [4.78, 5) is 15.5. The standard InChI is InChI=1S/C14H20FN3O3/c15-11-2-1-3-12(8-11)16-14(21)18-9-13(10-18)17(4-6-19)5-7-20/h1-3,8,13,19-20H,4-7,9-10H2,(H,16,21). The Balaban J connectivity index is 1.81. The van der Waals surface area contributed by atoms with Crippen LogP contribution < -0.4 is 5.32 Å². The fourth-order valence-electron chi connectivity index (χ4n) is 2.35. The molecule has 1 aromatic rings. The van der Waals surface area contributed by atoms with Gasteiger partial charge in [0.1, 0.15) is 5.82 Å². The van der Waals surface area contributed by atoms with Gasteiger partial charge in [-0.15, -0.1) is 0 Å². The lowest BCUT2D eigenvalue weighted by molar-refractivity contribution is 0.0393. The van der Waals surface area contributed by atoms with E-state index in [9.17, 15) is 9.18 Å². The number of likely N-dealkylation sites (tertiary alicyclic amines) is 1. The van der Waals surface area contributed by atoms with Crippen LogP contribution in [0.25, 0.3) is 0 Å². The Hall–Kier alpha value is -1.70. The topological polar surface area (TPSA) is 76.0 Å². The second-order valence-electron chi connectivity index (χ2n) is 4.98. The molecule has 0 radical (unpaired) electrons. The molecular weight excluding hydrogens is 277 g/mol. The van der Waals surface area contributed by atoms with E-state index in [1.807, 2.05) is 4.90 Å². The van der Waals surface area contributed by atoms with Gasteiger partial charge in [0.05, 0.1) is 13.2 Å². The highest BCUT2D eigenvalue weighted by Crippen LogP contribution is 2.17.